The molecule has 4 rings (SSSR count). The van der Waals surface area contributed by atoms with E-state index >= 15 is 0 Å². The zero-order valence-electron chi connectivity index (χ0n) is 17.3. The molecule has 1 aliphatic rings. The van der Waals surface area contributed by atoms with Gasteiger partial charge in [-0.2, -0.15) is 4.98 Å². The summed E-state index contributed by atoms with van der Waals surface area (Å²) in [5.74, 6) is 2.13. The van der Waals surface area contributed by atoms with E-state index in [0.29, 0.717) is 42.3 Å². The molecule has 1 aliphatic carbocycles. The van der Waals surface area contributed by atoms with Crippen molar-refractivity contribution in [1.29, 1.82) is 0 Å². The van der Waals surface area contributed by atoms with Gasteiger partial charge in [-0.3, -0.25) is 9.78 Å². The number of aromatic nitrogens is 4. The van der Waals surface area contributed by atoms with Crippen molar-refractivity contribution in [3.63, 3.8) is 0 Å². The van der Waals surface area contributed by atoms with Gasteiger partial charge in [0.15, 0.2) is 0 Å². The summed E-state index contributed by atoms with van der Waals surface area (Å²) in [4.78, 5) is 25.7. The maximum Gasteiger partial charge on any atom is 0.253 e. The number of hydrogen-bond acceptors (Lipinski definition) is 5. The normalized spacial score (nSPS) is 17.9. The predicted molar refractivity (Wildman–Crippen MR) is 112 cm³/mol. The van der Waals surface area contributed by atoms with Crippen molar-refractivity contribution in [3.8, 4) is 17.0 Å². The Labute approximate surface area is 170 Å². The Morgan fingerprint density at radius 3 is 2.72 bits per heavy atom. The molecule has 0 N–H and O–H groups in total. The van der Waals surface area contributed by atoms with E-state index in [9.17, 15) is 4.79 Å². The highest BCUT2D eigenvalue weighted by Gasteiger charge is 2.40. The van der Waals surface area contributed by atoms with Crippen LogP contribution < -0.4 is 10.3 Å². The van der Waals surface area contributed by atoms with Gasteiger partial charge in [-0.05, 0) is 51.8 Å². The molecule has 0 unspecified atom stereocenters. The van der Waals surface area contributed by atoms with Gasteiger partial charge < -0.3 is 9.30 Å². The van der Waals surface area contributed by atoms with Crippen LogP contribution in [0.25, 0.3) is 11.1 Å². The minimum atomic E-state index is 0.0261. The standard InChI is InChI=1S/C23H26N4O2/c1-5-27-12-17(8-15(3)23(27)28)20-11-24-16(4)26-22(20)29-13-18-9-19(18)21-7-6-14(2)10-25-21/h6-8,10-12,18-19H,5,9,13H2,1-4H3/t18-,19+/m1/s1. The number of pyridine rings is 2. The first-order valence-electron chi connectivity index (χ1n) is 10.1. The second kappa shape index (κ2) is 7.78. The smallest absolute Gasteiger partial charge is 0.253 e. The van der Waals surface area contributed by atoms with Gasteiger partial charge in [0, 0.05) is 53.8 Å². The van der Waals surface area contributed by atoms with Crippen molar-refractivity contribution >= 4 is 0 Å². The molecule has 6 heteroatoms. The van der Waals surface area contributed by atoms with Crippen LogP contribution in [0.1, 0.15) is 41.9 Å². The largest absolute Gasteiger partial charge is 0.477 e. The Balaban J connectivity index is 1.55. The van der Waals surface area contributed by atoms with E-state index in [-0.39, 0.29) is 5.56 Å². The molecule has 150 valence electrons. The number of rotatable bonds is 6. The van der Waals surface area contributed by atoms with E-state index in [4.69, 9.17) is 4.74 Å². The van der Waals surface area contributed by atoms with Crippen LogP contribution in [0.3, 0.4) is 0 Å². The molecule has 0 saturated heterocycles. The minimum Gasteiger partial charge on any atom is -0.477 e. The fraction of sp³-hybridized carbons (Fsp3) is 0.391. The highest BCUT2D eigenvalue weighted by atomic mass is 16.5. The summed E-state index contributed by atoms with van der Waals surface area (Å²) in [6, 6.07) is 6.10. The van der Waals surface area contributed by atoms with Gasteiger partial charge in [0.1, 0.15) is 5.82 Å². The minimum absolute atomic E-state index is 0.0261. The Morgan fingerprint density at radius 1 is 1.17 bits per heavy atom. The second-order valence-electron chi connectivity index (χ2n) is 7.81. The molecule has 0 aliphatic heterocycles. The summed E-state index contributed by atoms with van der Waals surface area (Å²) < 4.78 is 7.85. The summed E-state index contributed by atoms with van der Waals surface area (Å²) in [5, 5.41) is 0. The maximum absolute atomic E-state index is 12.2. The molecule has 3 aromatic heterocycles. The second-order valence-corrected chi connectivity index (χ2v) is 7.81. The molecule has 2 atom stereocenters. The molecule has 1 fully saturated rings. The zero-order chi connectivity index (χ0) is 20.5. The summed E-state index contributed by atoms with van der Waals surface area (Å²) in [5.41, 5.74) is 4.74. The van der Waals surface area contributed by atoms with Crippen molar-refractivity contribution in [2.45, 2.75) is 46.6 Å². The number of hydrogen-bond donors (Lipinski definition) is 0. The molecule has 0 radical (unpaired) electrons. The van der Waals surface area contributed by atoms with Crippen LogP contribution in [0.4, 0.5) is 0 Å². The first-order valence-corrected chi connectivity index (χ1v) is 10.1. The third-order valence-electron chi connectivity index (χ3n) is 5.46. The van der Waals surface area contributed by atoms with Crippen LogP contribution in [0.5, 0.6) is 5.88 Å². The van der Waals surface area contributed by atoms with Crippen LogP contribution in [0.15, 0.2) is 41.6 Å². The lowest BCUT2D eigenvalue weighted by molar-refractivity contribution is 0.285. The summed E-state index contributed by atoms with van der Waals surface area (Å²) >= 11 is 0. The summed E-state index contributed by atoms with van der Waals surface area (Å²) in [7, 11) is 0. The molecule has 0 spiro atoms. The van der Waals surface area contributed by atoms with E-state index in [1.807, 2.05) is 46.2 Å². The fourth-order valence-corrected chi connectivity index (χ4v) is 3.60. The van der Waals surface area contributed by atoms with Crippen molar-refractivity contribution < 1.29 is 4.74 Å². The fourth-order valence-electron chi connectivity index (χ4n) is 3.60. The Kier molecular flexibility index (Phi) is 5.18. The van der Waals surface area contributed by atoms with Gasteiger partial charge in [0.25, 0.3) is 5.56 Å². The molecular formula is C23H26N4O2. The van der Waals surface area contributed by atoms with Crippen LogP contribution >= 0.6 is 0 Å². The van der Waals surface area contributed by atoms with E-state index in [1.165, 1.54) is 5.56 Å². The number of aryl methyl sites for hydroxylation is 4. The summed E-state index contributed by atoms with van der Waals surface area (Å²) in [6.45, 7) is 8.90. The quantitative estimate of drug-likeness (QED) is 0.640. The molecule has 0 bridgehead atoms. The van der Waals surface area contributed by atoms with Gasteiger partial charge in [0.05, 0.1) is 12.2 Å². The Morgan fingerprint density at radius 2 is 2.00 bits per heavy atom. The van der Waals surface area contributed by atoms with E-state index < -0.39 is 0 Å². The lowest BCUT2D eigenvalue weighted by Gasteiger charge is -2.13. The number of nitrogens with zero attached hydrogens (tertiary/aromatic N) is 4. The molecule has 3 aromatic rings. The van der Waals surface area contributed by atoms with Gasteiger partial charge in [-0.1, -0.05) is 6.07 Å². The first-order chi connectivity index (χ1) is 14.0. The van der Waals surface area contributed by atoms with E-state index in [1.54, 1.807) is 10.8 Å². The van der Waals surface area contributed by atoms with E-state index in [0.717, 1.165) is 23.2 Å². The van der Waals surface area contributed by atoms with Crippen LogP contribution in [-0.4, -0.2) is 26.1 Å². The average molecular weight is 390 g/mol. The van der Waals surface area contributed by atoms with Crippen LogP contribution in [0, 0.1) is 26.7 Å². The molecule has 6 nitrogen and oxygen atoms in total. The van der Waals surface area contributed by atoms with Crippen molar-refractivity contribution in [3.05, 3.63) is 69.8 Å². The highest BCUT2D eigenvalue weighted by Crippen LogP contribution is 2.47. The highest BCUT2D eigenvalue weighted by molar-refractivity contribution is 5.67. The van der Waals surface area contributed by atoms with Crippen molar-refractivity contribution in [2.24, 2.45) is 5.92 Å². The van der Waals surface area contributed by atoms with Gasteiger partial charge in [-0.15, -0.1) is 0 Å². The molecule has 0 amide bonds. The van der Waals surface area contributed by atoms with Crippen LogP contribution in [0.2, 0.25) is 0 Å². The zero-order valence-corrected chi connectivity index (χ0v) is 17.3. The van der Waals surface area contributed by atoms with Gasteiger partial charge >= 0.3 is 0 Å². The lowest BCUT2D eigenvalue weighted by Crippen LogP contribution is -2.21. The monoisotopic (exact) mass is 390 g/mol. The SMILES string of the molecule is CCn1cc(-c2cnc(C)nc2OC[C@H]2C[C@@H]2c2ccc(C)cn2)cc(C)c1=O. The van der Waals surface area contributed by atoms with Crippen LogP contribution in [-0.2, 0) is 6.54 Å². The maximum atomic E-state index is 12.2. The summed E-state index contributed by atoms with van der Waals surface area (Å²) in [6.07, 6.45) is 6.63. The van der Waals surface area contributed by atoms with Gasteiger partial charge in [-0.25, -0.2) is 4.98 Å². The molecular weight excluding hydrogens is 364 g/mol. The molecule has 0 aromatic carbocycles. The topological polar surface area (TPSA) is 69.9 Å². The average Bonchev–Trinajstić information content (AvgIpc) is 3.49. The first kappa shape index (κ1) is 19.3. The van der Waals surface area contributed by atoms with Crippen molar-refractivity contribution in [1.82, 2.24) is 19.5 Å². The number of ether oxygens (including phenoxy) is 1. The molecule has 29 heavy (non-hydrogen) atoms. The van der Waals surface area contributed by atoms with Crippen molar-refractivity contribution in [2.75, 3.05) is 6.61 Å². The van der Waals surface area contributed by atoms with Gasteiger partial charge in [0.2, 0.25) is 5.88 Å². The Hall–Kier alpha value is -3.02. The third kappa shape index (κ3) is 4.06. The predicted octanol–water partition coefficient (Wildman–Crippen LogP) is 3.83. The van der Waals surface area contributed by atoms with E-state index in [2.05, 4.69) is 27.1 Å². The third-order valence-corrected chi connectivity index (χ3v) is 5.46. The molecule has 3 heterocycles. The Bertz CT molecular complexity index is 1090. The lowest BCUT2D eigenvalue weighted by atomic mass is 10.1. The molecule has 1 saturated carbocycles.